The van der Waals surface area contributed by atoms with E-state index in [1.165, 1.54) is 4.90 Å². The lowest BCUT2D eigenvalue weighted by Gasteiger charge is -2.18. The fourth-order valence-electron chi connectivity index (χ4n) is 1.73. The van der Waals surface area contributed by atoms with Crippen molar-refractivity contribution in [2.24, 2.45) is 0 Å². The number of carbonyl (C=O) groups excluding carboxylic acids is 2. The number of carbonyl (C=O) groups is 2. The maximum atomic E-state index is 11.6. The molecule has 1 saturated heterocycles. The van der Waals surface area contributed by atoms with Crippen LogP contribution in [0.1, 0.15) is 6.42 Å². The summed E-state index contributed by atoms with van der Waals surface area (Å²) in [7, 11) is 3.60. The number of hydrogen-bond donors (Lipinski definition) is 1. The third-order valence-electron chi connectivity index (χ3n) is 2.68. The summed E-state index contributed by atoms with van der Waals surface area (Å²) in [6.45, 7) is 1.95. The van der Waals surface area contributed by atoms with Crippen LogP contribution >= 0.6 is 11.6 Å². The Balaban J connectivity index is 2.28. The monoisotopic (exact) mass is 247 g/mol. The molecule has 1 aliphatic heterocycles. The molecule has 0 bridgehead atoms. The molecule has 6 heteroatoms. The number of likely N-dealkylation sites (N-methyl/N-ethyl adjacent to an activating group) is 2. The van der Waals surface area contributed by atoms with Gasteiger partial charge in [-0.25, -0.2) is 0 Å². The van der Waals surface area contributed by atoms with Crippen LogP contribution in [0, 0.1) is 0 Å². The predicted octanol–water partition coefficient (Wildman–Crippen LogP) is -0.496. The van der Waals surface area contributed by atoms with Gasteiger partial charge in [0, 0.05) is 19.6 Å². The second kappa shape index (κ2) is 6.06. The first kappa shape index (κ1) is 13.3. The molecule has 0 spiro atoms. The van der Waals surface area contributed by atoms with Crippen molar-refractivity contribution in [3.8, 4) is 0 Å². The van der Waals surface area contributed by atoms with Gasteiger partial charge in [-0.15, -0.1) is 11.6 Å². The minimum Gasteiger partial charge on any atom is -0.350 e. The van der Waals surface area contributed by atoms with Gasteiger partial charge >= 0.3 is 0 Å². The van der Waals surface area contributed by atoms with Crippen molar-refractivity contribution in [2.45, 2.75) is 12.5 Å². The van der Waals surface area contributed by atoms with Gasteiger partial charge in [-0.1, -0.05) is 0 Å². The van der Waals surface area contributed by atoms with E-state index >= 15 is 0 Å². The molecule has 1 atom stereocenters. The highest BCUT2D eigenvalue weighted by Gasteiger charge is 2.21. The first-order valence-corrected chi connectivity index (χ1v) is 5.84. The molecular formula is C10H18ClN3O2. The average molecular weight is 248 g/mol. The van der Waals surface area contributed by atoms with Gasteiger partial charge in [0.1, 0.15) is 5.88 Å². The highest BCUT2D eigenvalue weighted by atomic mass is 35.5. The average Bonchev–Trinajstić information content (AvgIpc) is 2.62. The number of likely N-dealkylation sites (tertiary alicyclic amines) is 1. The molecule has 0 saturated carbocycles. The summed E-state index contributed by atoms with van der Waals surface area (Å²) >= 11 is 5.39. The molecule has 1 unspecified atom stereocenters. The number of nitrogens with zero attached hydrogens (tertiary/aromatic N) is 2. The van der Waals surface area contributed by atoms with Crippen molar-refractivity contribution < 1.29 is 9.59 Å². The van der Waals surface area contributed by atoms with Gasteiger partial charge in [0.15, 0.2) is 0 Å². The SMILES string of the molecule is CN1CCC(NC(=O)CN(C)C(=O)CCl)C1. The van der Waals surface area contributed by atoms with Crippen LogP contribution in [-0.2, 0) is 9.59 Å². The first-order chi connectivity index (χ1) is 7.52. The third kappa shape index (κ3) is 3.98. The van der Waals surface area contributed by atoms with Gasteiger partial charge in [-0.05, 0) is 20.0 Å². The highest BCUT2D eigenvalue weighted by Crippen LogP contribution is 2.05. The van der Waals surface area contributed by atoms with Crippen molar-refractivity contribution in [1.29, 1.82) is 0 Å². The van der Waals surface area contributed by atoms with E-state index in [2.05, 4.69) is 10.2 Å². The summed E-state index contributed by atoms with van der Waals surface area (Å²) in [6.07, 6.45) is 0.968. The topological polar surface area (TPSA) is 52.7 Å². The summed E-state index contributed by atoms with van der Waals surface area (Å²) in [5, 5.41) is 2.90. The highest BCUT2D eigenvalue weighted by molar-refractivity contribution is 6.27. The number of rotatable bonds is 4. The molecule has 1 fully saturated rings. The van der Waals surface area contributed by atoms with E-state index in [1.807, 2.05) is 7.05 Å². The number of nitrogens with one attached hydrogen (secondary N) is 1. The van der Waals surface area contributed by atoms with Crippen LogP contribution in [-0.4, -0.2) is 67.3 Å². The van der Waals surface area contributed by atoms with Gasteiger partial charge < -0.3 is 15.1 Å². The minimum atomic E-state index is -0.236. The van der Waals surface area contributed by atoms with Crippen LogP contribution in [0.4, 0.5) is 0 Å². The van der Waals surface area contributed by atoms with E-state index in [0.717, 1.165) is 19.5 Å². The van der Waals surface area contributed by atoms with Crippen molar-refractivity contribution in [1.82, 2.24) is 15.1 Å². The van der Waals surface area contributed by atoms with E-state index in [-0.39, 0.29) is 30.3 Å². The van der Waals surface area contributed by atoms with E-state index in [0.29, 0.717) is 0 Å². The van der Waals surface area contributed by atoms with Crippen molar-refractivity contribution in [3.63, 3.8) is 0 Å². The zero-order valence-electron chi connectivity index (χ0n) is 9.70. The minimum absolute atomic E-state index is 0.0752. The van der Waals surface area contributed by atoms with E-state index in [1.54, 1.807) is 7.05 Å². The molecule has 0 aromatic rings. The summed E-state index contributed by atoms with van der Waals surface area (Å²) in [5.74, 6) is -0.447. The molecule has 16 heavy (non-hydrogen) atoms. The lowest BCUT2D eigenvalue weighted by atomic mass is 10.2. The first-order valence-electron chi connectivity index (χ1n) is 5.30. The van der Waals surface area contributed by atoms with Crippen LogP contribution in [0.25, 0.3) is 0 Å². The normalized spacial score (nSPS) is 20.8. The number of halogens is 1. The van der Waals surface area contributed by atoms with Crippen LogP contribution in [0.5, 0.6) is 0 Å². The quantitative estimate of drug-likeness (QED) is 0.682. The fraction of sp³-hybridized carbons (Fsp3) is 0.800. The van der Waals surface area contributed by atoms with Crippen molar-refractivity contribution in [2.75, 3.05) is 39.6 Å². The maximum absolute atomic E-state index is 11.6. The van der Waals surface area contributed by atoms with Crippen molar-refractivity contribution in [3.05, 3.63) is 0 Å². The molecule has 92 valence electrons. The zero-order chi connectivity index (χ0) is 12.1. The van der Waals surface area contributed by atoms with Gasteiger partial charge in [0.25, 0.3) is 0 Å². The Morgan fingerprint density at radius 1 is 1.56 bits per heavy atom. The molecule has 0 aromatic carbocycles. The van der Waals surface area contributed by atoms with Crippen LogP contribution < -0.4 is 5.32 Å². The van der Waals surface area contributed by atoms with E-state index in [9.17, 15) is 9.59 Å². The molecule has 1 N–H and O–H groups in total. The van der Waals surface area contributed by atoms with E-state index in [4.69, 9.17) is 11.6 Å². The summed E-state index contributed by atoms with van der Waals surface area (Å²) in [4.78, 5) is 26.2. The number of alkyl halides is 1. The lowest BCUT2D eigenvalue weighted by Crippen LogP contribution is -2.43. The smallest absolute Gasteiger partial charge is 0.239 e. The predicted molar refractivity (Wildman–Crippen MR) is 62.4 cm³/mol. The molecule has 1 rings (SSSR count). The van der Waals surface area contributed by atoms with Gasteiger partial charge in [0.2, 0.25) is 11.8 Å². The largest absolute Gasteiger partial charge is 0.350 e. The van der Waals surface area contributed by atoms with Gasteiger partial charge in [-0.3, -0.25) is 9.59 Å². The summed E-state index contributed by atoms with van der Waals surface area (Å²) < 4.78 is 0. The molecule has 0 aromatic heterocycles. The molecule has 1 aliphatic rings. The van der Waals surface area contributed by atoms with Crippen LogP contribution in [0.15, 0.2) is 0 Å². The zero-order valence-corrected chi connectivity index (χ0v) is 10.5. The Labute approximate surface area is 101 Å². The molecule has 5 nitrogen and oxygen atoms in total. The molecular weight excluding hydrogens is 230 g/mol. The maximum Gasteiger partial charge on any atom is 0.239 e. The Hall–Kier alpha value is -0.810. The second-order valence-electron chi connectivity index (χ2n) is 4.20. The number of amides is 2. The summed E-state index contributed by atoms with van der Waals surface area (Å²) in [5.41, 5.74) is 0. The standard InChI is InChI=1S/C10H18ClN3O2/c1-13-4-3-8(6-13)12-9(15)7-14(2)10(16)5-11/h8H,3-7H2,1-2H3,(H,12,15). The Bertz CT molecular complexity index is 273. The molecule has 1 heterocycles. The van der Waals surface area contributed by atoms with Crippen LogP contribution in [0.3, 0.4) is 0 Å². The lowest BCUT2D eigenvalue weighted by molar-refractivity contribution is -0.133. The van der Waals surface area contributed by atoms with Crippen molar-refractivity contribution >= 4 is 23.4 Å². The second-order valence-corrected chi connectivity index (χ2v) is 4.47. The third-order valence-corrected chi connectivity index (χ3v) is 2.91. The number of hydrogen-bond acceptors (Lipinski definition) is 3. The fourth-order valence-corrected chi connectivity index (χ4v) is 1.94. The van der Waals surface area contributed by atoms with Gasteiger partial charge in [-0.2, -0.15) is 0 Å². The molecule has 0 radical (unpaired) electrons. The van der Waals surface area contributed by atoms with Crippen LogP contribution in [0.2, 0.25) is 0 Å². The van der Waals surface area contributed by atoms with Gasteiger partial charge in [0.05, 0.1) is 6.54 Å². The summed E-state index contributed by atoms with van der Waals surface area (Å²) in [6, 6.07) is 0.206. The Morgan fingerprint density at radius 2 is 2.25 bits per heavy atom. The molecule has 2 amide bonds. The van der Waals surface area contributed by atoms with E-state index < -0.39 is 0 Å². The Kier molecular flexibility index (Phi) is 5.02. The molecule has 0 aliphatic carbocycles. The Morgan fingerprint density at radius 3 is 2.75 bits per heavy atom.